The average molecular weight is 238 g/mol. The maximum Gasteiger partial charge on any atom is 0.198 e. The van der Waals surface area contributed by atoms with Crippen LogP contribution in [0.25, 0.3) is 0 Å². The number of ether oxygens (including phenoxy) is 3. The number of hydrogen-bond acceptors (Lipinski definition) is 4. The number of hydrogen-bond donors (Lipinski definition) is 1. The Kier molecular flexibility index (Phi) is 3.54. The van der Waals surface area contributed by atoms with Crippen molar-refractivity contribution in [3.8, 4) is 11.5 Å². The number of aromatic hydroxyl groups is 1. The molecule has 0 aromatic heterocycles. The van der Waals surface area contributed by atoms with E-state index < -0.39 is 5.79 Å². The van der Waals surface area contributed by atoms with Crippen LogP contribution in [0.3, 0.4) is 0 Å². The van der Waals surface area contributed by atoms with Crippen molar-refractivity contribution < 1.29 is 19.3 Å². The highest BCUT2D eigenvalue weighted by atomic mass is 16.7. The van der Waals surface area contributed by atoms with Crippen LogP contribution in [0.4, 0.5) is 0 Å². The first kappa shape index (κ1) is 12.2. The van der Waals surface area contributed by atoms with Crippen LogP contribution < -0.4 is 4.74 Å². The molecule has 1 aliphatic rings. The molecule has 0 aliphatic carbocycles. The fourth-order valence-electron chi connectivity index (χ4n) is 2.21. The summed E-state index contributed by atoms with van der Waals surface area (Å²) < 4.78 is 16.5. The highest BCUT2D eigenvalue weighted by Gasteiger charge is 2.40. The van der Waals surface area contributed by atoms with Crippen molar-refractivity contribution in [1.82, 2.24) is 0 Å². The number of para-hydroxylation sites is 1. The SMILES string of the molecule is CCCC1(c2cccc(OC)c2O)OCCO1. The Hall–Kier alpha value is -1.26. The quantitative estimate of drug-likeness (QED) is 0.875. The van der Waals surface area contributed by atoms with E-state index in [0.29, 0.717) is 30.9 Å². The smallest absolute Gasteiger partial charge is 0.198 e. The average Bonchev–Trinajstić information content (AvgIpc) is 2.79. The molecule has 1 N–H and O–H groups in total. The molecule has 2 rings (SSSR count). The Morgan fingerprint density at radius 2 is 2.06 bits per heavy atom. The fraction of sp³-hybridized carbons (Fsp3) is 0.538. The van der Waals surface area contributed by atoms with Gasteiger partial charge in [0.15, 0.2) is 17.3 Å². The molecular formula is C13H18O4. The zero-order chi connectivity index (χ0) is 12.3. The van der Waals surface area contributed by atoms with E-state index in [1.165, 1.54) is 7.11 Å². The summed E-state index contributed by atoms with van der Waals surface area (Å²) in [4.78, 5) is 0. The molecule has 1 fully saturated rings. The van der Waals surface area contributed by atoms with Crippen LogP contribution in [0.2, 0.25) is 0 Å². The second-order valence-corrected chi connectivity index (χ2v) is 4.06. The molecule has 0 amide bonds. The van der Waals surface area contributed by atoms with Gasteiger partial charge in [-0.05, 0) is 12.1 Å². The molecule has 4 heteroatoms. The predicted molar refractivity (Wildman–Crippen MR) is 63.1 cm³/mol. The van der Waals surface area contributed by atoms with E-state index >= 15 is 0 Å². The van der Waals surface area contributed by atoms with Gasteiger partial charge in [-0.3, -0.25) is 0 Å². The second kappa shape index (κ2) is 4.94. The minimum Gasteiger partial charge on any atom is -0.504 e. The van der Waals surface area contributed by atoms with Crippen LogP contribution in [0.1, 0.15) is 25.3 Å². The van der Waals surface area contributed by atoms with Crippen LogP contribution >= 0.6 is 0 Å². The molecule has 1 aliphatic heterocycles. The maximum absolute atomic E-state index is 10.2. The van der Waals surface area contributed by atoms with Crippen LogP contribution in [-0.2, 0) is 15.3 Å². The molecule has 1 heterocycles. The molecule has 0 saturated carbocycles. The molecule has 17 heavy (non-hydrogen) atoms. The van der Waals surface area contributed by atoms with E-state index in [2.05, 4.69) is 6.92 Å². The number of phenols is 1. The van der Waals surface area contributed by atoms with Gasteiger partial charge in [0.25, 0.3) is 0 Å². The first-order chi connectivity index (χ1) is 8.23. The third-order valence-corrected chi connectivity index (χ3v) is 2.96. The molecule has 0 atom stereocenters. The standard InChI is InChI=1S/C13H18O4/c1-3-7-13(16-8-9-17-13)10-5-4-6-11(15-2)12(10)14/h4-6,14H,3,7-9H2,1-2H3. The topological polar surface area (TPSA) is 47.9 Å². The van der Waals surface area contributed by atoms with Crippen LogP contribution in [0.5, 0.6) is 11.5 Å². The van der Waals surface area contributed by atoms with Crippen molar-refractivity contribution >= 4 is 0 Å². The lowest BCUT2D eigenvalue weighted by molar-refractivity contribution is -0.172. The Labute approximate surface area is 101 Å². The van der Waals surface area contributed by atoms with Gasteiger partial charge in [0, 0.05) is 6.42 Å². The summed E-state index contributed by atoms with van der Waals surface area (Å²) >= 11 is 0. The highest BCUT2D eigenvalue weighted by Crippen LogP contribution is 2.43. The lowest BCUT2D eigenvalue weighted by atomic mass is 9.99. The van der Waals surface area contributed by atoms with E-state index in [-0.39, 0.29) is 5.75 Å². The normalized spacial score (nSPS) is 18.2. The number of phenolic OH excluding ortho intramolecular Hbond substituents is 1. The predicted octanol–water partition coefficient (Wildman–Crippen LogP) is 2.40. The monoisotopic (exact) mass is 238 g/mol. The lowest BCUT2D eigenvalue weighted by Gasteiger charge is -2.28. The van der Waals surface area contributed by atoms with Crippen molar-refractivity contribution in [1.29, 1.82) is 0 Å². The van der Waals surface area contributed by atoms with Crippen LogP contribution in [-0.4, -0.2) is 25.4 Å². The van der Waals surface area contributed by atoms with Crippen molar-refractivity contribution in [2.24, 2.45) is 0 Å². The molecule has 1 aromatic carbocycles. The van der Waals surface area contributed by atoms with Gasteiger partial charge in [-0.25, -0.2) is 0 Å². The lowest BCUT2D eigenvalue weighted by Crippen LogP contribution is -2.27. The van der Waals surface area contributed by atoms with Gasteiger partial charge in [0.2, 0.25) is 0 Å². The third-order valence-electron chi connectivity index (χ3n) is 2.96. The van der Waals surface area contributed by atoms with Gasteiger partial charge in [-0.15, -0.1) is 0 Å². The Bertz CT molecular complexity index is 383. The third kappa shape index (κ3) is 2.10. The number of benzene rings is 1. The van der Waals surface area contributed by atoms with Crippen molar-refractivity contribution in [2.75, 3.05) is 20.3 Å². The fourth-order valence-corrected chi connectivity index (χ4v) is 2.21. The van der Waals surface area contributed by atoms with Crippen molar-refractivity contribution in [2.45, 2.75) is 25.6 Å². The zero-order valence-electron chi connectivity index (χ0n) is 10.2. The van der Waals surface area contributed by atoms with Gasteiger partial charge in [0.1, 0.15) is 0 Å². The zero-order valence-corrected chi connectivity index (χ0v) is 10.2. The first-order valence-electron chi connectivity index (χ1n) is 5.88. The van der Waals surface area contributed by atoms with Crippen molar-refractivity contribution in [3.63, 3.8) is 0 Å². The van der Waals surface area contributed by atoms with Gasteiger partial charge in [0.05, 0.1) is 25.9 Å². The minimum atomic E-state index is -0.812. The van der Waals surface area contributed by atoms with Crippen LogP contribution in [0.15, 0.2) is 18.2 Å². The van der Waals surface area contributed by atoms with Crippen LogP contribution in [0, 0.1) is 0 Å². The summed E-state index contributed by atoms with van der Waals surface area (Å²) in [5.74, 6) is -0.268. The number of rotatable bonds is 4. The molecule has 0 spiro atoms. The van der Waals surface area contributed by atoms with Gasteiger partial charge >= 0.3 is 0 Å². The largest absolute Gasteiger partial charge is 0.504 e. The molecule has 0 unspecified atom stereocenters. The maximum atomic E-state index is 10.2. The molecule has 94 valence electrons. The number of methoxy groups -OCH3 is 1. The summed E-state index contributed by atoms with van der Waals surface area (Å²) in [6.07, 6.45) is 1.63. The summed E-state index contributed by atoms with van der Waals surface area (Å²) in [7, 11) is 1.53. The highest BCUT2D eigenvalue weighted by molar-refractivity contribution is 5.47. The summed E-state index contributed by atoms with van der Waals surface area (Å²) in [5, 5.41) is 10.2. The molecule has 4 nitrogen and oxygen atoms in total. The Morgan fingerprint density at radius 1 is 1.35 bits per heavy atom. The van der Waals surface area contributed by atoms with E-state index in [9.17, 15) is 5.11 Å². The van der Waals surface area contributed by atoms with Gasteiger partial charge in [-0.2, -0.15) is 0 Å². The van der Waals surface area contributed by atoms with E-state index in [4.69, 9.17) is 14.2 Å². The summed E-state index contributed by atoms with van der Waals surface area (Å²) in [6, 6.07) is 5.36. The van der Waals surface area contributed by atoms with E-state index in [1.807, 2.05) is 12.1 Å². The minimum absolute atomic E-state index is 0.102. The van der Waals surface area contributed by atoms with E-state index in [0.717, 1.165) is 6.42 Å². The van der Waals surface area contributed by atoms with Gasteiger partial charge in [-0.1, -0.05) is 19.4 Å². The summed E-state index contributed by atoms with van der Waals surface area (Å²) in [6.45, 7) is 3.16. The van der Waals surface area contributed by atoms with Gasteiger partial charge < -0.3 is 19.3 Å². The Morgan fingerprint density at radius 3 is 2.65 bits per heavy atom. The molecule has 0 bridgehead atoms. The van der Waals surface area contributed by atoms with Crippen molar-refractivity contribution in [3.05, 3.63) is 23.8 Å². The first-order valence-corrected chi connectivity index (χ1v) is 5.88. The van der Waals surface area contributed by atoms with E-state index in [1.54, 1.807) is 6.07 Å². The summed E-state index contributed by atoms with van der Waals surface area (Å²) in [5.41, 5.74) is 0.649. The Balaban J connectivity index is 2.42. The second-order valence-electron chi connectivity index (χ2n) is 4.06. The molecule has 1 saturated heterocycles. The molecule has 0 radical (unpaired) electrons. The molecule has 1 aromatic rings. The molecular weight excluding hydrogens is 220 g/mol.